The summed E-state index contributed by atoms with van der Waals surface area (Å²) in [4.78, 5) is 6.47. The smallest absolute Gasteiger partial charge is 0.139 e. The Kier molecular flexibility index (Phi) is 4.29. The molecule has 0 atom stereocenters. The van der Waals surface area contributed by atoms with Gasteiger partial charge in [-0.1, -0.05) is 30.4 Å². The number of halogens is 1. The minimum Gasteiger partial charge on any atom is -0.389 e. The Balaban J connectivity index is 2.35. The standard InChI is InChI=1S/C15H16FN3S/c1-10-7-8-18-15(13(10)14(17)20)19(2)9-11-5-3-4-6-12(11)16/h3-8H,9H2,1-2H3,(H2,17,20). The Bertz CT molecular complexity index is 643. The van der Waals surface area contributed by atoms with Crippen LogP contribution in [-0.4, -0.2) is 17.0 Å². The van der Waals surface area contributed by atoms with Gasteiger partial charge in [0.25, 0.3) is 0 Å². The van der Waals surface area contributed by atoms with Crippen molar-refractivity contribution in [3.8, 4) is 0 Å². The van der Waals surface area contributed by atoms with Crippen LogP contribution in [0.4, 0.5) is 10.2 Å². The lowest BCUT2D eigenvalue weighted by Crippen LogP contribution is -2.24. The van der Waals surface area contributed by atoms with E-state index in [0.717, 1.165) is 11.1 Å². The van der Waals surface area contributed by atoms with E-state index >= 15 is 0 Å². The summed E-state index contributed by atoms with van der Waals surface area (Å²) in [6.45, 7) is 2.33. The average molecular weight is 289 g/mol. The van der Waals surface area contributed by atoms with E-state index in [0.29, 0.717) is 22.9 Å². The fourth-order valence-electron chi connectivity index (χ4n) is 2.09. The van der Waals surface area contributed by atoms with Crippen LogP contribution in [0.5, 0.6) is 0 Å². The molecule has 3 nitrogen and oxygen atoms in total. The molecule has 0 aliphatic heterocycles. The molecule has 1 heterocycles. The van der Waals surface area contributed by atoms with Crippen LogP contribution >= 0.6 is 12.2 Å². The highest BCUT2D eigenvalue weighted by Gasteiger charge is 2.15. The summed E-state index contributed by atoms with van der Waals surface area (Å²) >= 11 is 5.08. The highest BCUT2D eigenvalue weighted by Crippen LogP contribution is 2.22. The third-order valence-corrected chi connectivity index (χ3v) is 3.32. The van der Waals surface area contributed by atoms with E-state index in [-0.39, 0.29) is 5.82 Å². The summed E-state index contributed by atoms with van der Waals surface area (Å²) in [5.74, 6) is 0.435. The van der Waals surface area contributed by atoms with Gasteiger partial charge in [-0.25, -0.2) is 9.37 Å². The lowest BCUT2D eigenvalue weighted by Gasteiger charge is -2.22. The molecule has 0 unspecified atom stereocenters. The largest absolute Gasteiger partial charge is 0.389 e. The van der Waals surface area contributed by atoms with Gasteiger partial charge in [0.2, 0.25) is 0 Å². The molecule has 20 heavy (non-hydrogen) atoms. The van der Waals surface area contributed by atoms with E-state index in [1.165, 1.54) is 6.07 Å². The first-order valence-electron chi connectivity index (χ1n) is 6.20. The van der Waals surface area contributed by atoms with Gasteiger partial charge in [0.15, 0.2) is 0 Å². The number of rotatable bonds is 4. The lowest BCUT2D eigenvalue weighted by atomic mass is 10.1. The molecule has 2 N–H and O–H groups in total. The van der Waals surface area contributed by atoms with Crippen LogP contribution in [0, 0.1) is 12.7 Å². The van der Waals surface area contributed by atoms with E-state index in [1.54, 1.807) is 18.3 Å². The van der Waals surface area contributed by atoms with E-state index in [1.807, 2.05) is 31.0 Å². The second-order valence-electron chi connectivity index (χ2n) is 4.64. The quantitative estimate of drug-likeness (QED) is 0.879. The number of pyridine rings is 1. The van der Waals surface area contributed by atoms with E-state index in [4.69, 9.17) is 18.0 Å². The number of nitrogens with zero attached hydrogens (tertiary/aromatic N) is 2. The van der Waals surface area contributed by atoms with Gasteiger partial charge < -0.3 is 10.6 Å². The number of aromatic nitrogens is 1. The molecule has 5 heteroatoms. The van der Waals surface area contributed by atoms with E-state index in [9.17, 15) is 4.39 Å². The molecule has 0 amide bonds. The average Bonchev–Trinajstić information content (AvgIpc) is 2.40. The van der Waals surface area contributed by atoms with Gasteiger partial charge in [-0.2, -0.15) is 0 Å². The maximum atomic E-state index is 13.7. The second kappa shape index (κ2) is 5.96. The number of benzene rings is 1. The van der Waals surface area contributed by atoms with Crippen LogP contribution in [-0.2, 0) is 6.54 Å². The summed E-state index contributed by atoms with van der Waals surface area (Å²) in [6, 6.07) is 8.53. The van der Waals surface area contributed by atoms with Crippen LogP contribution in [0.2, 0.25) is 0 Å². The van der Waals surface area contributed by atoms with Crippen molar-refractivity contribution in [3.05, 3.63) is 59.0 Å². The Morgan fingerprint density at radius 2 is 2.05 bits per heavy atom. The van der Waals surface area contributed by atoms with Crippen LogP contribution in [0.15, 0.2) is 36.5 Å². The predicted molar refractivity (Wildman–Crippen MR) is 83.4 cm³/mol. The zero-order chi connectivity index (χ0) is 14.7. The van der Waals surface area contributed by atoms with Crippen molar-refractivity contribution in [2.24, 2.45) is 5.73 Å². The Labute approximate surface area is 123 Å². The lowest BCUT2D eigenvalue weighted by molar-refractivity contribution is 0.607. The normalized spacial score (nSPS) is 10.3. The van der Waals surface area contributed by atoms with Crippen molar-refractivity contribution in [3.63, 3.8) is 0 Å². The highest BCUT2D eigenvalue weighted by molar-refractivity contribution is 7.80. The Morgan fingerprint density at radius 3 is 2.70 bits per heavy atom. The van der Waals surface area contributed by atoms with Gasteiger partial charge >= 0.3 is 0 Å². The van der Waals surface area contributed by atoms with Gasteiger partial charge in [0.05, 0.1) is 5.56 Å². The number of hydrogen-bond donors (Lipinski definition) is 1. The fraction of sp³-hybridized carbons (Fsp3) is 0.200. The molecule has 0 spiro atoms. The Morgan fingerprint density at radius 1 is 1.35 bits per heavy atom. The summed E-state index contributed by atoms with van der Waals surface area (Å²) in [7, 11) is 1.84. The SMILES string of the molecule is Cc1ccnc(N(C)Cc2ccccc2F)c1C(N)=S. The monoisotopic (exact) mass is 289 g/mol. The summed E-state index contributed by atoms with van der Waals surface area (Å²) in [5.41, 5.74) is 8.07. The van der Waals surface area contributed by atoms with Crippen molar-refractivity contribution in [2.75, 3.05) is 11.9 Å². The Hall–Kier alpha value is -2.01. The van der Waals surface area contributed by atoms with Crippen LogP contribution in [0.1, 0.15) is 16.7 Å². The third-order valence-electron chi connectivity index (χ3n) is 3.11. The zero-order valence-electron chi connectivity index (χ0n) is 11.4. The van der Waals surface area contributed by atoms with Crippen LogP contribution in [0.3, 0.4) is 0 Å². The zero-order valence-corrected chi connectivity index (χ0v) is 12.2. The van der Waals surface area contributed by atoms with Crippen molar-refractivity contribution >= 4 is 23.0 Å². The molecular weight excluding hydrogens is 273 g/mol. The summed E-state index contributed by atoms with van der Waals surface area (Å²) in [6.07, 6.45) is 1.70. The molecule has 0 aliphatic carbocycles. The van der Waals surface area contributed by atoms with E-state index < -0.39 is 0 Å². The molecule has 2 aromatic rings. The molecule has 0 saturated carbocycles. The van der Waals surface area contributed by atoms with Gasteiger partial charge in [-0.05, 0) is 24.6 Å². The fourth-order valence-corrected chi connectivity index (χ4v) is 2.35. The first-order valence-corrected chi connectivity index (χ1v) is 6.61. The van der Waals surface area contributed by atoms with Crippen molar-refractivity contribution in [1.82, 2.24) is 4.98 Å². The number of anilines is 1. The van der Waals surface area contributed by atoms with Crippen LogP contribution in [0.25, 0.3) is 0 Å². The minimum absolute atomic E-state index is 0.233. The molecule has 0 bridgehead atoms. The molecule has 104 valence electrons. The van der Waals surface area contributed by atoms with Crippen molar-refractivity contribution < 1.29 is 4.39 Å². The van der Waals surface area contributed by atoms with Gasteiger partial charge in [-0.15, -0.1) is 0 Å². The molecule has 1 aromatic carbocycles. The maximum Gasteiger partial charge on any atom is 0.139 e. The van der Waals surface area contributed by atoms with Crippen molar-refractivity contribution in [1.29, 1.82) is 0 Å². The minimum atomic E-state index is -0.233. The summed E-state index contributed by atoms with van der Waals surface area (Å²) in [5, 5.41) is 0. The second-order valence-corrected chi connectivity index (χ2v) is 5.08. The first-order chi connectivity index (χ1) is 9.50. The molecule has 0 saturated heterocycles. The van der Waals surface area contributed by atoms with Crippen LogP contribution < -0.4 is 10.6 Å². The molecule has 0 aliphatic rings. The van der Waals surface area contributed by atoms with E-state index in [2.05, 4.69) is 4.98 Å². The summed E-state index contributed by atoms with van der Waals surface area (Å²) < 4.78 is 13.7. The maximum absolute atomic E-state index is 13.7. The molecule has 2 rings (SSSR count). The molecule has 0 fully saturated rings. The van der Waals surface area contributed by atoms with Gasteiger partial charge in [-0.3, -0.25) is 0 Å². The molecular formula is C15H16FN3S. The number of nitrogens with two attached hydrogens (primary N) is 1. The third kappa shape index (κ3) is 2.93. The highest BCUT2D eigenvalue weighted by atomic mass is 32.1. The molecule has 1 aromatic heterocycles. The van der Waals surface area contributed by atoms with Crippen molar-refractivity contribution in [2.45, 2.75) is 13.5 Å². The van der Waals surface area contributed by atoms with Gasteiger partial charge in [0.1, 0.15) is 16.6 Å². The predicted octanol–water partition coefficient (Wildman–Crippen LogP) is 2.80. The number of thiocarbonyl (C=S) groups is 1. The van der Waals surface area contributed by atoms with Gasteiger partial charge in [0, 0.05) is 25.4 Å². The first kappa shape index (κ1) is 14.4. The topological polar surface area (TPSA) is 42.2 Å². The molecule has 0 radical (unpaired) electrons. The number of hydrogen-bond acceptors (Lipinski definition) is 3. The number of aryl methyl sites for hydroxylation is 1.